The largest absolute Gasteiger partial charge is 0.310 e. The number of anilines is 3. The van der Waals surface area contributed by atoms with E-state index in [2.05, 4.69) is 229 Å². The van der Waals surface area contributed by atoms with Gasteiger partial charge in [0, 0.05) is 42.3 Å². The van der Waals surface area contributed by atoms with E-state index in [1.54, 1.807) is 0 Å². The zero-order valence-corrected chi connectivity index (χ0v) is 34.0. The normalized spacial score (nSPS) is 13.0. The average Bonchev–Trinajstić information content (AvgIpc) is 3.97. The molecule has 0 saturated heterocycles. The molecule has 10 aromatic carbocycles. The summed E-state index contributed by atoms with van der Waals surface area (Å²) in [6, 6.07) is 83.3. The molecule has 0 radical (unpaired) electrons. The van der Waals surface area contributed by atoms with Gasteiger partial charge in [-0.25, -0.2) is 0 Å². The minimum atomic E-state index is -0.394. The summed E-state index contributed by atoms with van der Waals surface area (Å²) in [7, 11) is 0. The first-order valence-electron chi connectivity index (χ1n) is 21.1. The summed E-state index contributed by atoms with van der Waals surface area (Å²) in [5, 5.41) is 5.08. The molecule has 11 aromatic rings. The summed E-state index contributed by atoms with van der Waals surface area (Å²) >= 11 is 1.91. The van der Waals surface area contributed by atoms with Crippen LogP contribution in [-0.2, 0) is 5.41 Å². The van der Waals surface area contributed by atoms with Crippen molar-refractivity contribution >= 4 is 59.3 Å². The molecule has 0 aliphatic heterocycles. The molecule has 1 aromatic heterocycles. The maximum Gasteiger partial charge on any atom is 0.0725 e. The topological polar surface area (TPSA) is 3.24 Å². The van der Waals surface area contributed by atoms with Crippen molar-refractivity contribution in [1.82, 2.24) is 0 Å². The first-order chi connectivity index (χ1) is 30.3. The Morgan fingerprint density at radius 3 is 1.51 bits per heavy atom. The monoisotopic (exact) mass is 791 g/mol. The second-order valence-corrected chi connectivity index (χ2v) is 17.4. The molecule has 61 heavy (non-hydrogen) atoms. The quantitative estimate of drug-likeness (QED) is 0.168. The van der Waals surface area contributed by atoms with Gasteiger partial charge < -0.3 is 4.90 Å². The van der Waals surface area contributed by atoms with Gasteiger partial charge in [-0.15, -0.1) is 11.3 Å². The van der Waals surface area contributed by atoms with Gasteiger partial charge in [-0.05, 0) is 109 Å². The summed E-state index contributed by atoms with van der Waals surface area (Å²) in [5.41, 5.74) is 18.7. The fraction of sp³-hybridized carbons (Fsp3) is 0.0169. The molecule has 0 fully saturated rings. The Hall–Kier alpha value is -7.52. The molecule has 2 heteroatoms. The average molecular weight is 792 g/mol. The molecular formula is C59H37NS. The Bertz CT molecular complexity index is 3460. The van der Waals surface area contributed by atoms with E-state index in [0.29, 0.717) is 0 Å². The number of hydrogen-bond donors (Lipinski definition) is 0. The Labute approximate surface area is 359 Å². The van der Waals surface area contributed by atoms with Gasteiger partial charge in [-0.2, -0.15) is 0 Å². The fourth-order valence-corrected chi connectivity index (χ4v) is 12.0. The molecule has 0 amide bonds. The SMILES string of the molecule is c1ccc(-c2ccc(N(c3ccccc3)c3cc4c(sc5cccc(-c6ccc7c(c6)C6(c8ccccc8-c8ccccc86)c6ccccc6-7)c54)c4ccccc34)cc2)cc1. The van der Waals surface area contributed by atoms with Crippen molar-refractivity contribution in [2.24, 2.45) is 0 Å². The van der Waals surface area contributed by atoms with E-state index in [1.807, 2.05) is 11.3 Å². The molecule has 0 unspecified atom stereocenters. The van der Waals surface area contributed by atoms with E-state index in [4.69, 9.17) is 0 Å². The maximum absolute atomic E-state index is 2.53. The summed E-state index contributed by atoms with van der Waals surface area (Å²) < 4.78 is 2.61. The third kappa shape index (κ3) is 4.88. The predicted octanol–water partition coefficient (Wildman–Crippen LogP) is 16.4. The van der Waals surface area contributed by atoms with Crippen LogP contribution >= 0.6 is 11.3 Å². The van der Waals surface area contributed by atoms with Crippen LogP contribution in [0.5, 0.6) is 0 Å². The summed E-state index contributed by atoms with van der Waals surface area (Å²) in [6.45, 7) is 0. The summed E-state index contributed by atoms with van der Waals surface area (Å²) in [5.74, 6) is 0. The number of rotatable bonds is 5. The molecule has 0 atom stereocenters. The number of nitrogens with zero attached hydrogens (tertiary/aromatic N) is 1. The zero-order valence-electron chi connectivity index (χ0n) is 33.2. The highest BCUT2D eigenvalue weighted by atomic mass is 32.1. The van der Waals surface area contributed by atoms with E-state index >= 15 is 0 Å². The van der Waals surface area contributed by atoms with Gasteiger partial charge in [0.2, 0.25) is 0 Å². The Kier molecular flexibility index (Phi) is 7.46. The standard InChI is InChI=1S/C59H37NS/c1-3-16-38(17-4-1)39-30-33-42(34-31-39)60(41-18-5-2-6-19-41)55-37-50-57-43(25-15-29-56(57)61-58(50)49-24-8-7-23-48(49)55)40-32-35-47-46-22-11-14-28-53(46)59(54(47)36-40)51-26-12-9-20-44(51)45-21-10-13-27-52(45)59/h1-37H. The molecule has 0 saturated carbocycles. The van der Waals surface area contributed by atoms with Gasteiger partial charge in [0.15, 0.2) is 0 Å². The summed E-state index contributed by atoms with van der Waals surface area (Å²) in [6.07, 6.45) is 0. The van der Waals surface area contributed by atoms with Gasteiger partial charge in [-0.3, -0.25) is 0 Å². The van der Waals surface area contributed by atoms with Crippen LogP contribution in [0.2, 0.25) is 0 Å². The number of benzene rings is 10. The Balaban J connectivity index is 1.05. The lowest BCUT2D eigenvalue weighted by Crippen LogP contribution is -2.25. The molecule has 1 nitrogen and oxygen atoms in total. The van der Waals surface area contributed by atoms with Crippen LogP contribution in [0.1, 0.15) is 22.3 Å². The first kappa shape index (κ1) is 34.4. The van der Waals surface area contributed by atoms with Crippen molar-refractivity contribution in [3.8, 4) is 44.5 Å². The van der Waals surface area contributed by atoms with Crippen LogP contribution in [0.15, 0.2) is 224 Å². The van der Waals surface area contributed by atoms with Crippen molar-refractivity contribution in [3.63, 3.8) is 0 Å². The van der Waals surface area contributed by atoms with Gasteiger partial charge in [0.25, 0.3) is 0 Å². The minimum absolute atomic E-state index is 0.394. The number of hydrogen-bond acceptors (Lipinski definition) is 2. The highest BCUT2D eigenvalue weighted by Crippen LogP contribution is 2.63. The number of para-hydroxylation sites is 1. The molecule has 1 spiro atoms. The third-order valence-electron chi connectivity index (χ3n) is 13.3. The van der Waals surface area contributed by atoms with Crippen LogP contribution in [0.25, 0.3) is 75.5 Å². The minimum Gasteiger partial charge on any atom is -0.310 e. The molecule has 2 aliphatic rings. The van der Waals surface area contributed by atoms with E-state index < -0.39 is 5.41 Å². The lowest BCUT2D eigenvalue weighted by molar-refractivity contribution is 0.794. The van der Waals surface area contributed by atoms with Gasteiger partial charge in [0.05, 0.1) is 11.1 Å². The highest BCUT2D eigenvalue weighted by molar-refractivity contribution is 7.26. The van der Waals surface area contributed by atoms with E-state index in [0.717, 1.165) is 11.4 Å². The Morgan fingerprint density at radius 2 is 0.836 bits per heavy atom. The first-order valence-corrected chi connectivity index (χ1v) is 21.9. The molecule has 0 N–H and O–H groups in total. The van der Waals surface area contributed by atoms with Crippen LogP contribution in [0.4, 0.5) is 17.1 Å². The van der Waals surface area contributed by atoms with Crippen molar-refractivity contribution in [3.05, 3.63) is 247 Å². The Morgan fingerprint density at radius 1 is 0.328 bits per heavy atom. The lowest BCUT2D eigenvalue weighted by atomic mass is 9.70. The third-order valence-corrected chi connectivity index (χ3v) is 14.5. The highest BCUT2D eigenvalue weighted by Gasteiger charge is 2.51. The molecule has 284 valence electrons. The van der Waals surface area contributed by atoms with Crippen LogP contribution in [-0.4, -0.2) is 0 Å². The molecular weight excluding hydrogens is 755 g/mol. The van der Waals surface area contributed by atoms with Gasteiger partial charge in [-0.1, -0.05) is 182 Å². The second-order valence-electron chi connectivity index (χ2n) is 16.3. The van der Waals surface area contributed by atoms with Crippen LogP contribution in [0, 0.1) is 0 Å². The van der Waals surface area contributed by atoms with Gasteiger partial charge in [0.1, 0.15) is 0 Å². The maximum atomic E-state index is 2.53. The molecule has 13 rings (SSSR count). The molecule has 0 bridgehead atoms. The molecule has 2 aliphatic carbocycles. The summed E-state index contributed by atoms with van der Waals surface area (Å²) in [4.78, 5) is 2.44. The van der Waals surface area contributed by atoms with E-state index in [-0.39, 0.29) is 0 Å². The van der Waals surface area contributed by atoms with Crippen molar-refractivity contribution in [2.45, 2.75) is 5.41 Å². The van der Waals surface area contributed by atoms with E-state index in [1.165, 1.54) is 103 Å². The van der Waals surface area contributed by atoms with Crippen molar-refractivity contribution in [1.29, 1.82) is 0 Å². The number of fused-ring (bicyclic) bond motifs is 15. The number of thiophene rings is 1. The smallest absolute Gasteiger partial charge is 0.0725 e. The predicted molar refractivity (Wildman–Crippen MR) is 259 cm³/mol. The van der Waals surface area contributed by atoms with Gasteiger partial charge >= 0.3 is 0 Å². The lowest BCUT2D eigenvalue weighted by Gasteiger charge is -2.30. The molecule has 1 heterocycles. The second kappa shape index (κ2) is 13.2. The van der Waals surface area contributed by atoms with Crippen LogP contribution in [0.3, 0.4) is 0 Å². The van der Waals surface area contributed by atoms with Crippen LogP contribution < -0.4 is 4.90 Å². The van der Waals surface area contributed by atoms with Crippen molar-refractivity contribution < 1.29 is 0 Å². The zero-order chi connectivity index (χ0) is 40.1. The van der Waals surface area contributed by atoms with Crippen molar-refractivity contribution in [2.75, 3.05) is 4.90 Å². The fourth-order valence-electron chi connectivity index (χ4n) is 10.8. The van der Waals surface area contributed by atoms with E-state index in [9.17, 15) is 0 Å².